The van der Waals surface area contributed by atoms with E-state index >= 15 is 0 Å². The van der Waals surface area contributed by atoms with Crippen LogP contribution in [-0.4, -0.2) is 25.9 Å². The number of hydrogen-bond donors (Lipinski definition) is 0. The van der Waals surface area contributed by atoms with Crippen LogP contribution in [0.5, 0.6) is 0 Å². The molecule has 0 bridgehead atoms. The van der Waals surface area contributed by atoms with E-state index < -0.39 is 0 Å². The fraction of sp³-hybridized carbons (Fsp3) is 0.158. The van der Waals surface area contributed by atoms with Crippen molar-refractivity contribution in [3.8, 4) is 0 Å². The lowest BCUT2D eigenvalue weighted by Crippen LogP contribution is -2.28. The molecule has 2 aromatic carbocycles. The van der Waals surface area contributed by atoms with Gasteiger partial charge in [-0.3, -0.25) is 9.59 Å². The van der Waals surface area contributed by atoms with Crippen LogP contribution < -0.4 is 9.80 Å². The van der Waals surface area contributed by atoms with E-state index in [0.29, 0.717) is 11.3 Å². The molecule has 1 saturated heterocycles. The predicted molar refractivity (Wildman–Crippen MR) is 92.3 cm³/mol. The van der Waals surface area contributed by atoms with E-state index in [1.165, 1.54) is 4.90 Å². The Morgan fingerprint density at radius 2 is 1.61 bits per heavy atom. The number of nitrogens with zero attached hydrogens (tertiary/aromatic N) is 2. The van der Waals surface area contributed by atoms with Crippen molar-refractivity contribution in [3.05, 3.63) is 65.7 Å². The number of para-hydroxylation sites is 1. The topological polar surface area (TPSA) is 40.6 Å². The fourth-order valence-corrected chi connectivity index (χ4v) is 2.60. The zero-order chi connectivity index (χ0) is 16.4. The zero-order valence-corrected chi connectivity index (χ0v) is 13.2. The molecule has 0 spiro atoms. The summed E-state index contributed by atoms with van der Waals surface area (Å²) in [4.78, 5) is 28.0. The van der Waals surface area contributed by atoms with Gasteiger partial charge in [0.25, 0.3) is 5.91 Å². The predicted octanol–water partition coefficient (Wildman–Crippen LogP) is 3.10. The Morgan fingerprint density at radius 3 is 2.22 bits per heavy atom. The normalized spacial score (nSPS) is 16.3. The van der Waals surface area contributed by atoms with Crippen molar-refractivity contribution in [3.63, 3.8) is 0 Å². The van der Waals surface area contributed by atoms with E-state index in [-0.39, 0.29) is 18.2 Å². The molecule has 1 heterocycles. The monoisotopic (exact) mass is 306 g/mol. The van der Waals surface area contributed by atoms with Crippen LogP contribution in [0.15, 0.2) is 60.2 Å². The average molecular weight is 306 g/mol. The maximum Gasteiger partial charge on any atom is 0.261 e. The van der Waals surface area contributed by atoms with Gasteiger partial charge in [-0.25, -0.2) is 4.90 Å². The van der Waals surface area contributed by atoms with Gasteiger partial charge in [0.1, 0.15) is 0 Å². The minimum atomic E-state index is -0.238. The highest BCUT2D eigenvalue weighted by Crippen LogP contribution is 2.27. The highest BCUT2D eigenvalue weighted by molar-refractivity contribution is 6.29. The van der Waals surface area contributed by atoms with Crippen LogP contribution >= 0.6 is 0 Å². The van der Waals surface area contributed by atoms with Crippen LogP contribution in [0.2, 0.25) is 0 Å². The first-order chi connectivity index (χ1) is 11.1. The number of amides is 2. The third-order valence-corrected chi connectivity index (χ3v) is 3.83. The van der Waals surface area contributed by atoms with Gasteiger partial charge in [-0.05, 0) is 35.9 Å². The van der Waals surface area contributed by atoms with Gasteiger partial charge in [-0.2, -0.15) is 0 Å². The van der Waals surface area contributed by atoms with E-state index in [2.05, 4.69) is 0 Å². The number of imide groups is 1. The summed E-state index contributed by atoms with van der Waals surface area (Å²) in [5.41, 5.74) is 3.15. The molecule has 1 aliphatic rings. The van der Waals surface area contributed by atoms with Gasteiger partial charge >= 0.3 is 0 Å². The Hall–Kier alpha value is -2.88. The zero-order valence-electron chi connectivity index (χ0n) is 13.2. The van der Waals surface area contributed by atoms with Crippen molar-refractivity contribution >= 4 is 29.3 Å². The van der Waals surface area contributed by atoms with Gasteiger partial charge in [-0.15, -0.1) is 0 Å². The standard InChI is InChI=1S/C19H18N2O2/c1-20(2)16-10-8-14(9-11-16)12-15-13-18(22)21(19(15)23)17-6-4-3-5-7-17/h3-12H,13H2,1-2H3/b15-12-. The number of anilines is 2. The first-order valence-electron chi connectivity index (χ1n) is 7.46. The van der Waals surface area contributed by atoms with Crippen LogP contribution in [0, 0.1) is 0 Å². The summed E-state index contributed by atoms with van der Waals surface area (Å²) >= 11 is 0. The quantitative estimate of drug-likeness (QED) is 0.646. The molecule has 2 amide bonds. The molecule has 4 nitrogen and oxygen atoms in total. The first-order valence-corrected chi connectivity index (χ1v) is 7.46. The molecule has 23 heavy (non-hydrogen) atoms. The summed E-state index contributed by atoms with van der Waals surface area (Å²) < 4.78 is 0. The van der Waals surface area contributed by atoms with Crippen molar-refractivity contribution < 1.29 is 9.59 Å². The molecular formula is C19H18N2O2. The minimum Gasteiger partial charge on any atom is -0.378 e. The van der Waals surface area contributed by atoms with Gasteiger partial charge in [0.15, 0.2) is 0 Å². The number of hydrogen-bond acceptors (Lipinski definition) is 3. The highest BCUT2D eigenvalue weighted by atomic mass is 16.2. The van der Waals surface area contributed by atoms with Gasteiger partial charge < -0.3 is 4.90 Å². The van der Waals surface area contributed by atoms with Gasteiger partial charge in [0.05, 0.1) is 12.1 Å². The molecule has 4 heteroatoms. The third-order valence-electron chi connectivity index (χ3n) is 3.83. The van der Waals surface area contributed by atoms with Crippen LogP contribution in [0.1, 0.15) is 12.0 Å². The van der Waals surface area contributed by atoms with Crippen molar-refractivity contribution in [2.45, 2.75) is 6.42 Å². The number of rotatable bonds is 3. The highest BCUT2D eigenvalue weighted by Gasteiger charge is 2.34. The second-order valence-electron chi connectivity index (χ2n) is 5.70. The maximum absolute atomic E-state index is 12.5. The van der Waals surface area contributed by atoms with E-state index in [1.807, 2.05) is 61.5 Å². The smallest absolute Gasteiger partial charge is 0.261 e. The molecule has 0 atom stereocenters. The van der Waals surface area contributed by atoms with Crippen molar-refractivity contribution in [2.75, 3.05) is 23.9 Å². The van der Waals surface area contributed by atoms with Crippen LogP contribution in [0.25, 0.3) is 6.08 Å². The number of benzene rings is 2. The van der Waals surface area contributed by atoms with E-state index in [4.69, 9.17) is 0 Å². The fourth-order valence-electron chi connectivity index (χ4n) is 2.60. The molecule has 0 unspecified atom stereocenters. The lowest BCUT2D eigenvalue weighted by Gasteiger charge is -2.13. The Kier molecular flexibility index (Phi) is 3.98. The largest absolute Gasteiger partial charge is 0.378 e. The molecule has 0 aliphatic carbocycles. The molecule has 0 radical (unpaired) electrons. The molecule has 3 rings (SSSR count). The third kappa shape index (κ3) is 3.01. The summed E-state index contributed by atoms with van der Waals surface area (Å²) in [5.74, 6) is -0.421. The van der Waals surface area contributed by atoms with Crippen LogP contribution in [0.3, 0.4) is 0 Å². The summed E-state index contributed by atoms with van der Waals surface area (Å²) in [6.45, 7) is 0. The molecule has 0 N–H and O–H groups in total. The molecule has 1 aliphatic heterocycles. The summed E-state index contributed by atoms with van der Waals surface area (Å²) in [6.07, 6.45) is 1.94. The molecule has 116 valence electrons. The summed E-state index contributed by atoms with van der Waals surface area (Å²) in [7, 11) is 3.95. The lowest BCUT2D eigenvalue weighted by molar-refractivity contribution is -0.120. The molecular weight excluding hydrogens is 288 g/mol. The minimum absolute atomic E-state index is 0.142. The Morgan fingerprint density at radius 1 is 0.957 bits per heavy atom. The van der Waals surface area contributed by atoms with Crippen molar-refractivity contribution in [1.82, 2.24) is 0 Å². The van der Waals surface area contributed by atoms with Crippen molar-refractivity contribution in [2.24, 2.45) is 0 Å². The molecule has 0 saturated carbocycles. The van der Waals surface area contributed by atoms with Crippen molar-refractivity contribution in [1.29, 1.82) is 0 Å². The lowest BCUT2D eigenvalue weighted by atomic mass is 10.1. The SMILES string of the molecule is CN(C)c1ccc(/C=C2/CC(=O)N(c3ccccc3)C2=O)cc1. The average Bonchev–Trinajstić information content (AvgIpc) is 2.82. The maximum atomic E-state index is 12.5. The van der Waals surface area contributed by atoms with Gasteiger partial charge in [0, 0.05) is 25.4 Å². The Bertz CT molecular complexity index is 762. The van der Waals surface area contributed by atoms with Crippen LogP contribution in [0.4, 0.5) is 11.4 Å². The van der Waals surface area contributed by atoms with Gasteiger partial charge in [0.2, 0.25) is 5.91 Å². The van der Waals surface area contributed by atoms with E-state index in [1.54, 1.807) is 18.2 Å². The Balaban J connectivity index is 1.87. The van der Waals surface area contributed by atoms with E-state index in [0.717, 1.165) is 11.3 Å². The molecule has 0 aromatic heterocycles. The second kappa shape index (κ2) is 6.08. The van der Waals surface area contributed by atoms with Gasteiger partial charge in [-0.1, -0.05) is 30.3 Å². The van der Waals surface area contributed by atoms with Crippen LogP contribution in [-0.2, 0) is 9.59 Å². The number of carbonyl (C=O) groups is 2. The molecule has 2 aromatic rings. The first kappa shape index (κ1) is 15.0. The number of carbonyl (C=O) groups excluding carboxylic acids is 2. The summed E-state index contributed by atoms with van der Waals surface area (Å²) in [5, 5.41) is 0. The Labute approximate surface area is 135 Å². The second-order valence-corrected chi connectivity index (χ2v) is 5.70. The molecule has 1 fully saturated rings. The van der Waals surface area contributed by atoms with E-state index in [9.17, 15) is 9.59 Å². The summed E-state index contributed by atoms with van der Waals surface area (Å²) in [6, 6.07) is 16.9.